The maximum atomic E-state index is 12.3. The fraction of sp³-hybridized carbons (Fsp3) is 0.391. The van der Waals surface area contributed by atoms with Crippen molar-refractivity contribution in [1.29, 1.82) is 0 Å². The number of ether oxygens (including phenoxy) is 1. The Morgan fingerprint density at radius 3 is 2.87 bits per heavy atom. The van der Waals surface area contributed by atoms with Gasteiger partial charge in [-0.15, -0.1) is 0 Å². The van der Waals surface area contributed by atoms with Crippen LogP contribution in [-0.4, -0.2) is 36.8 Å². The minimum atomic E-state index is -0.223. The largest absolute Gasteiger partial charge is 0.494 e. The molecule has 1 aromatic heterocycles. The number of rotatable bonds is 8. The molecule has 1 unspecified atom stereocenters. The molecule has 0 spiro atoms. The Morgan fingerprint density at radius 1 is 1.23 bits per heavy atom. The van der Waals surface area contributed by atoms with Gasteiger partial charge in [-0.05, 0) is 55.7 Å². The molecule has 1 atom stereocenters. The molecule has 1 aliphatic heterocycles. The fourth-order valence-electron chi connectivity index (χ4n) is 3.64. The van der Waals surface area contributed by atoms with Crippen LogP contribution in [0.4, 0.5) is 16.5 Å². The topological polar surface area (TPSA) is 79.6 Å². The lowest BCUT2D eigenvalue weighted by atomic mass is 10.2. The highest BCUT2D eigenvalue weighted by molar-refractivity contribution is 5.89. The number of urea groups is 1. The molecule has 0 radical (unpaired) electrons. The van der Waals surface area contributed by atoms with Gasteiger partial charge in [-0.25, -0.2) is 4.79 Å². The monoisotopic (exact) mass is 408 g/mol. The molecule has 2 heterocycles. The predicted octanol–water partition coefficient (Wildman–Crippen LogP) is 4.80. The number of nitrogens with zero attached hydrogens (tertiary/aromatic N) is 2. The fourth-order valence-corrected chi connectivity index (χ4v) is 3.64. The highest BCUT2D eigenvalue weighted by Gasteiger charge is 2.28. The zero-order valence-corrected chi connectivity index (χ0v) is 17.3. The summed E-state index contributed by atoms with van der Waals surface area (Å²) in [5, 5.41) is 5.84. The second-order valence-electron chi connectivity index (χ2n) is 7.52. The van der Waals surface area contributed by atoms with E-state index in [-0.39, 0.29) is 12.1 Å². The van der Waals surface area contributed by atoms with Crippen LogP contribution in [-0.2, 0) is 0 Å². The summed E-state index contributed by atoms with van der Waals surface area (Å²) >= 11 is 0. The summed E-state index contributed by atoms with van der Waals surface area (Å²) in [5.74, 6) is 0.814. The third kappa shape index (κ3) is 4.84. The van der Waals surface area contributed by atoms with E-state index in [1.165, 1.54) is 0 Å². The Balaban J connectivity index is 1.28. The van der Waals surface area contributed by atoms with Crippen molar-refractivity contribution in [2.24, 2.45) is 0 Å². The van der Waals surface area contributed by atoms with Crippen molar-refractivity contribution >= 4 is 28.8 Å². The summed E-state index contributed by atoms with van der Waals surface area (Å²) in [6.45, 7) is 4.25. The summed E-state index contributed by atoms with van der Waals surface area (Å²) in [6, 6.07) is 15.8. The third-order valence-corrected chi connectivity index (χ3v) is 5.28. The van der Waals surface area contributed by atoms with Gasteiger partial charge in [0, 0.05) is 18.8 Å². The molecule has 0 bridgehead atoms. The van der Waals surface area contributed by atoms with Gasteiger partial charge in [-0.3, -0.25) is 0 Å². The highest BCUT2D eigenvalue weighted by Crippen LogP contribution is 2.28. The van der Waals surface area contributed by atoms with Gasteiger partial charge < -0.3 is 24.7 Å². The molecule has 0 aliphatic carbocycles. The van der Waals surface area contributed by atoms with Crippen LogP contribution >= 0.6 is 0 Å². The normalized spacial score (nSPS) is 16.0. The van der Waals surface area contributed by atoms with Gasteiger partial charge in [0.25, 0.3) is 6.01 Å². The van der Waals surface area contributed by atoms with Gasteiger partial charge >= 0.3 is 6.03 Å². The number of hydrogen-bond donors (Lipinski definition) is 2. The zero-order chi connectivity index (χ0) is 20.8. The number of fused-ring (bicyclic) bond motifs is 1. The van der Waals surface area contributed by atoms with Gasteiger partial charge in [0.1, 0.15) is 11.3 Å². The first-order chi connectivity index (χ1) is 14.7. The van der Waals surface area contributed by atoms with Crippen molar-refractivity contribution in [3.8, 4) is 5.75 Å². The van der Waals surface area contributed by atoms with E-state index in [1.54, 1.807) is 0 Å². The van der Waals surface area contributed by atoms with E-state index in [1.807, 2.05) is 48.5 Å². The Hall–Kier alpha value is -3.22. The van der Waals surface area contributed by atoms with E-state index < -0.39 is 0 Å². The molecule has 7 heteroatoms. The summed E-state index contributed by atoms with van der Waals surface area (Å²) in [5.41, 5.74) is 2.37. The molecule has 7 nitrogen and oxygen atoms in total. The second kappa shape index (κ2) is 9.52. The Kier molecular flexibility index (Phi) is 6.37. The van der Waals surface area contributed by atoms with Crippen LogP contribution in [0.5, 0.6) is 5.75 Å². The number of benzene rings is 2. The predicted molar refractivity (Wildman–Crippen MR) is 118 cm³/mol. The maximum Gasteiger partial charge on any atom is 0.319 e. The summed E-state index contributed by atoms with van der Waals surface area (Å²) in [7, 11) is 0. The molecule has 1 saturated heterocycles. The number of aromatic nitrogens is 1. The smallest absolute Gasteiger partial charge is 0.319 e. The van der Waals surface area contributed by atoms with Crippen molar-refractivity contribution in [1.82, 2.24) is 10.3 Å². The van der Waals surface area contributed by atoms with Gasteiger partial charge in [0.2, 0.25) is 0 Å². The first-order valence-electron chi connectivity index (χ1n) is 10.6. The average Bonchev–Trinajstić information content (AvgIpc) is 3.40. The number of nitrogens with one attached hydrogen (secondary N) is 2. The number of amides is 2. The molecule has 2 aromatic carbocycles. The Bertz CT molecular complexity index is 937. The molecule has 3 aromatic rings. The van der Waals surface area contributed by atoms with Crippen molar-refractivity contribution in [3.63, 3.8) is 0 Å². The molecule has 4 rings (SSSR count). The van der Waals surface area contributed by atoms with Crippen molar-refractivity contribution in [2.75, 3.05) is 29.9 Å². The van der Waals surface area contributed by atoms with Crippen LogP contribution in [0.3, 0.4) is 0 Å². The third-order valence-electron chi connectivity index (χ3n) is 5.28. The molecule has 2 N–H and O–H groups in total. The molecule has 0 saturated carbocycles. The standard InChI is InChI=1S/C23H28N4O3/c1-2-3-15-29-19-12-10-17(11-13-19)25-22(28)24-16-18-7-6-14-27(18)23-26-20-8-4-5-9-21(20)30-23/h4-5,8-13,18H,2-3,6-7,14-16H2,1H3,(H2,24,25,28). The van der Waals surface area contributed by atoms with Crippen LogP contribution in [0.1, 0.15) is 32.6 Å². The van der Waals surface area contributed by atoms with Crippen LogP contribution in [0.2, 0.25) is 0 Å². The number of unbranched alkanes of at least 4 members (excludes halogenated alkanes) is 1. The van der Waals surface area contributed by atoms with Crippen LogP contribution in [0.15, 0.2) is 52.9 Å². The number of anilines is 2. The summed E-state index contributed by atoms with van der Waals surface area (Å²) < 4.78 is 11.6. The molecular weight excluding hydrogens is 380 g/mol. The van der Waals surface area contributed by atoms with Crippen molar-refractivity contribution < 1.29 is 13.9 Å². The second-order valence-corrected chi connectivity index (χ2v) is 7.52. The maximum absolute atomic E-state index is 12.3. The summed E-state index contributed by atoms with van der Waals surface area (Å²) in [4.78, 5) is 19.1. The van der Waals surface area contributed by atoms with E-state index in [9.17, 15) is 4.79 Å². The zero-order valence-electron chi connectivity index (χ0n) is 17.3. The van der Waals surface area contributed by atoms with E-state index >= 15 is 0 Å². The minimum absolute atomic E-state index is 0.165. The van der Waals surface area contributed by atoms with E-state index in [4.69, 9.17) is 9.15 Å². The van der Waals surface area contributed by atoms with Gasteiger partial charge in [0.05, 0.1) is 12.6 Å². The summed E-state index contributed by atoms with van der Waals surface area (Å²) in [6.07, 6.45) is 4.17. The molecule has 30 heavy (non-hydrogen) atoms. The minimum Gasteiger partial charge on any atom is -0.494 e. The van der Waals surface area contributed by atoms with Crippen molar-refractivity contribution in [2.45, 2.75) is 38.6 Å². The first-order valence-corrected chi connectivity index (χ1v) is 10.6. The van der Waals surface area contributed by atoms with Crippen molar-refractivity contribution in [3.05, 3.63) is 48.5 Å². The van der Waals surface area contributed by atoms with Gasteiger partial charge in [-0.2, -0.15) is 4.98 Å². The van der Waals surface area contributed by atoms with Crippen LogP contribution < -0.4 is 20.3 Å². The number of oxazole rings is 1. The number of hydrogen-bond acceptors (Lipinski definition) is 5. The van der Waals surface area contributed by atoms with Crippen LogP contribution in [0, 0.1) is 0 Å². The lowest BCUT2D eigenvalue weighted by molar-refractivity contribution is 0.251. The molecule has 2 amide bonds. The first kappa shape index (κ1) is 20.1. The Morgan fingerprint density at radius 2 is 2.07 bits per heavy atom. The molecular formula is C23H28N4O3. The molecule has 1 fully saturated rings. The highest BCUT2D eigenvalue weighted by atomic mass is 16.5. The van der Waals surface area contributed by atoms with E-state index in [2.05, 4.69) is 27.4 Å². The molecule has 1 aliphatic rings. The number of carbonyl (C=O) groups is 1. The van der Waals surface area contributed by atoms with Gasteiger partial charge in [0.15, 0.2) is 5.58 Å². The number of carbonyl (C=O) groups excluding carboxylic acids is 1. The lowest BCUT2D eigenvalue weighted by Crippen LogP contribution is -2.41. The van der Waals surface area contributed by atoms with E-state index in [0.29, 0.717) is 19.2 Å². The average molecular weight is 409 g/mol. The van der Waals surface area contributed by atoms with Gasteiger partial charge in [-0.1, -0.05) is 25.5 Å². The SMILES string of the molecule is CCCCOc1ccc(NC(=O)NCC2CCCN2c2nc3ccccc3o2)cc1. The lowest BCUT2D eigenvalue weighted by Gasteiger charge is -2.23. The van der Waals surface area contributed by atoms with E-state index in [0.717, 1.165) is 54.8 Å². The quantitative estimate of drug-likeness (QED) is 0.524. The van der Waals surface area contributed by atoms with Crippen LogP contribution in [0.25, 0.3) is 11.1 Å². The molecule has 158 valence electrons. The number of para-hydroxylation sites is 2. The Labute approximate surface area is 176 Å².